The Balaban J connectivity index is 4.37. The first-order valence-corrected chi connectivity index (χ1v) is 8.73. The molecule has 0 bridgehead atoms. The average molecular weight is 340 g/mol. The van der Waals surface area contributed by atoms with Gasteiger partial charge in [-0.05, 0) is 51.4 Å². The fraction of sp³-hybridized carbons (Fsp3) is 1.00. The Bertz CT molecular complexity index is 314. The Labute approximate surface area is 140 Å². The maximum Gasteiger partial charge on any atom is 0.414 e. The van der Waals surface area contributed by atoms with E-state index in [9.17, 15) is 13.2 Å². The predicted octanol–water partition coefficient (Wildman–Crippen LogP) is 5.99. The van der Waals surface area contributed by atoms with Gasteiger partial charge in [0.05, 0.1) is 18.8 Å². The van der Waals surface area contributed by atoms with Crippen molar-refractivity contribution >= 4 is 0 Å². The largest absolute Gasteiger partial charge is 0.414 e. The van der Waals surface area contributed by atoms with Crippen LogP contribution in [0, 0.1) is 11.3 Å². The third-order valence-electron chi connectivity index (χ3n) is 4.44. The number of rotatable bonds is 11. The highest BCUT2D eigenvalue weighted by molar-refractivity contribution is 4.77. The monoisotopic (exact) mass is 340 g/mol. The minimum absolute atomic E-state index is 0.00314. The zero-order valence-electron chi connectivity index (χ0n) is 15.8. The summed E-state index contributed by atoms with van der Waals surface area (Å²) >= 11 is 0. The Hall–Kier alpha value is -0.290. The van der Waals surface area contributed by atoms with Gasteiger partial charge >= 0.3 is 6.18 Å². The van der Waals surface area contributed by atoms with Gasteiger partial charge in [0.25, 0.3) is 0 Å². The van der Waals surface area contributed by atoms with Crippen LogP contribution in [0.25, 0.3) is 0 Å². The van der Waals surface area contributed by atoms with Gasteiger partial charge in [-0.25, -0.2) is 0 Å². The van der Waals surface area contributed by atoms with Crippen molar-refractivity contribution in [1.29, 1.82) is 0 Å². The normalized spacial score (nSPS) is 17.3. The average Bonchev–Trinajstić information content (AvgIpc) is 2.41. The zero-order chi connectivity index (χ0) is 18.3. The molecule has 0 saturated carbocycles. The lowest BCUT2D eigenvalue weighted by atomic mass is 9.78. The summed E-state index contributed by atoms with van der Waals surface area (Å²) in [5, 5.41) is 0. The van der Waals surface area contributed by atoms with Gasteiger partial charge in [0.1, 0.15) is 0 Å². The molecule has 0 aromatic carbocycles. The predicted molar refractivity (Wildman–Crippen MR) is 88.6 cm³/mol. The second kappa shape index (κ2) is 9.87. The molecule has 0 aromatic heterocycles. The maximum absolute atomic E-state index is 12.9. The van der Waals surface area contributed by atoms with Crippen LogP contribution in [0.3, 0.4) is 0 Å². The van der Waals surface area contributed by atoms with Crippen molar-refractivity contribution in [3.63, 3.8) is 0 Å². The van der Waals surface area contributed by atoms with Crippen molar-refractivity contribution in [1.82, 2.24) is 0 Å². The first-order chi connectivity index (χ1) is 10.4. The molecule has 0 aliphatic carbocycles. The molecule has 0 aliphatic heterocycles. The van der Waals surface area contributed by atoms with Gasteiger partial charge in [-0.3, -0.25) is 0 Å². The van der Waals surface area contributed by atoms with Gasteiger partial charge < -0.3 is 9.47 Å². The van der Waals surface area contributed by atoms with Crippen molar-refractivity contribution in [3.05, 3.63) is 0 Å². The van der Waals surface area contributed by atoms with Gasteiger partial charge in [-0.15, -0.1) is 0 Å². The van der Waals surface area contributed by atoms with E-state index >= 15 is 0 Å². The second-order valence-electron chi connectivity index (χ2n) is 7.59. The van der Waals surface area contributed by atoms with Crippen molar-refractivity contribution in [2.75, 3.05) is 6.61 Å². The third-order valence-corrected chi connectivity index (χ3v) is 4.44. The molecule has 0 rings (SSSR count). The minimum atomic E-state index is -4.28. The smallest absolute Gasteiger partial charge is 0.378 e. The van der Waals surface area contributed by atoms with E-state index in [-0.39, 0.29) is 17.9 Å². The minimum Gasteiger partial charge on any atom is -0.378 e. The molecule has 140 valence electrons. The maximum atomic E-state index is 12.9. The number of hydrogen-bond donors (Lipinski definition) is 0. The summed E-state index contributed by atoms with van der Waals surface area (Å²) in [7, 11) is 0. The number of ether oxygens (including phenoxy) is 2. The van der Waals surface area contributed by atoms with E-state index in [0.717, 1.165) is 6.42 Å². The van der Waals surface area contributed by atoms with Crippen LogP contribution in [0.2, 0.25) is 0 Å². The van der Waals surface area contributed by atoms with E-state index in [0.29, 0.717) is 25.4 Å². The molecular formula is C18H35F3O2. The van der Waals surface area contributed by atoms with Crippen LogP contribution in [0.5, 0.6) is 0 Å². The molecule has 0 aromatic rings. The molecule has 0 N–H and O–H groups in total. The molecule has 23 heavy (non-hydrogen) atoms. The van der Waals surface area contributed by atoms with E-state index in [1.54, 1.807) is 13.8 Å². The van der Waals surface area contributed by atoms with E-state index in [1.807, 2.05) is 13.8 Å². The van der Waals surface area contributed by atoms with Crippen LogP contribution >= 0.6 is 0 Å². The molecule has 5 heteroatoms. The van der Waals surface area contributed by atoms with Crippen molar-refractivity contribution in [3.8, 4) is 0 Å². The SMILES string of the molecule is CCCC(OC(C)CCC(C)C(C)(C)COC(C)C)C(F)(F)F. The first kappa shape index (κ1) is 22.7. The van der Waals surface area contributed by atoms with E-state index < -0.39 is 18.4 Å². The standard InChI is InChI=1S/C18H35F3O2/c1-8-9-16(18(19,20)21)23-15(5)11-10-14(4)17(6,7)12-22-13(2)3/h13-16H,8-12H2,1-7H3. The summed E-state index contributed by atoms with van der Waals surface area (Å²) in [5.74, 6) is 0.350. The second-order valence-corrected chi connectivity index (χ2v) is 7.59. The molecule has 0 spiro atoms. The van der Waals surface area contributed by atoms with Crippen LogP contribution in [0.15, 0.2) is 0 Å². The zero-order valence-corrected chi connectivity index (χ0v) is 15.8. The van der Waals surface area contributed by atoms with Gasteiger partial charge in [0.15, 0.2) is 6.10 Å². The van der Waals surface area contributed by atoms with Crippen molar-refractivity contribution in [2.45, 2.75) is 98.6 Å². The van der Waals surface area contributed by atoms with E-state index in [2.05, 4.69) is 20.8 Å². The Kier molecular flexibility index (Phi) is 9.75. The van der Waals surface area contributed by atoms with Crippen LogP contribution < -0.4 is 0 Å². The molecule has 0 fully saturated rings. The third kappa shape index (κ3) is 9.55. The highest BCUT2D eigenvalue weighted by Gasteiger charge is 2.40. The Morgan fingerprint density at radius 1 is 0.913 bits per heavy atom. The molecule has 2 nitrogen and oxygen atoms in total. The van der Waals surface area contributed by atoms with Crippen LogP contribution in [-0.4, -0.2) is 31.1 Å². The lowest BCUT2D eigenvalue weighted by Gasteiger charge is -2.33. The molecule has 3 atom stereocenters. The fourth-order valence-corrected chi connectivity index (χ4v) is 2.32. The van der Waals surface area contributed by atoms with Crippen LogP contribution in [0.4, 0.5) is 13.2 Å². The Morgan fingerprint density at radius 2 is 1.48 bits per heavy atom. The Morgan fingerprint density at radius 3 is 1.91 bits per heavy atom. The van der Waals surface area contributed by atoms with E-state index in [4.69, 9.17) is 9.47 Å². The number of halogens is 3. The summed E-state index contributed by atoms with van der Waals surface area (Å²) in [6, 6.07) is 0. The summed E-state index contributed by atoms with van der Waals surface area (Å²) in [4.78, 5) is 0. The highest BCUT2D eigenvalue weighted by atomic mass is 19.4. The number of alkyl halides is 3. The number of hydrogen-bond acceptors (Lipinski definition) is 2. The quantitative estimate of drug-likeness (QED) is 0.460. The summed E-state index contributed by atoms with van der Waals surface area (Å²) in [5.41, 5.74) is -0.00314. The van der Waals surface area contributed by atoms with Gasteiger partial charge in [-0.1, -0.05) is 34.1 Å². The van der Waals surface area contributed by atoms with Crippen LogP contribution in [0.1, 0.15) is 74.1 Å². The molecule has 0 radical (unpaired) electrons. The van der Waals surface area contributed by atoms with Crippen LogP contribution in [-0.2, 0) is 9.47 Å². The summed E-state index contributed by atoms with van der Waals surface area (Å²) in [6.07, 6.45) is -4.18. The van der Waals surface area contributed by atoms with Gasteiger partial charge in [0, 0.05) is 0 Å². The molecule has 0 heterocycles. The highest BCUT2D eigenvalue weighted by Crippen LogP contribution is 2.33. The lowest BCUT2D eigenvalue weighted by molar-refractivity contribution is -0.234. The van der Waals surface area contributed by atoms with E-state index in [1.165, 1.54) is 0 Å². The first-order valence-electron chi connectivity index (χ1n) is 8.73. The van der Waals surface area contributed by atoms with Crippen molar-refractivity contribution < 1.29 is 22.6 Å². The molecule has 0 aliphatic rings. The molecular weight excluding hydrogens is 305 g/mol. The molecule has 3 unspecified atom stereocenters. The van der Waals surface area contributed by atoms with Gasteiger partial charge in [-0.2, -0.15) is 13.2 Å². The topological polar surface area (TPSA) is 18.5 Å². The summed E-state index contributed by atoms with van der Waals surface area (Å²) in [6.45, 7) is 14.5. The van der Waals surface area contributed by atoms with Crippen molar-refractivity contribution in [2.24, 2.45) is 11.3 Å². The fourth-order valence-electron chi connectivity index (χ4n) is 2.32. The molecule has 0 amide bonds. The molecule has 0 saturated heterocycles. The summed E-state index contributed by atoms with van der Waals surface area (Å²) < 4.78 is 49.6. The lowest BCUT2D eigenvalue weighted by Crippen LogP contribution is -2.35. The van der Waals surface area contributed by atoms with Gasteiger partial charge in [0.2, 0.25) is 0 Å².